The Kier molecular flexibility index (Phi) is 4.99. The van der Waals surface area contributed by atoms with E-state index in [4.69, 9.17) is 4.74 Å². The summed E-state index contributed by atoms with van der Waals surface area (Å²) in [6.45, 7) is 13.6. The van der Waals surface area contributed by atoms with Crippen LogP contribution in [0.5, 0.6) is 0 Å². The molecule has 0 aliphatic heterocycles. The normalized spacial score (nSPS) is 45.6. The Morgan fingerprint density at radius 2 is 2.00 bits per heavy atom. The number of allylic oxidation sites excluding steroid dienone is 2. The average Bonchev–Trinajstić information content (AvgIpc) is 3.21. The van der Waals surface area contributed by atoms with Crippen LogP contribution in [0.15, 0.2) is 34.9 Å². The number of esters is 1. The summed E-state index contributed by atoms with van der Waals surface area (Å²) in [5.74, 6) is -0.518. The van der Waals surface area contributed by atoms with Crippen LogP contribution in [0.1, 0.15) is 61.3 Å². The van der Waals surface area contributed by atoms with Crippen molar-refractivity contribution in [3.05, 3.63) is 34.9 Å². The SMILES string of the molecule is C/C=C(/C)C(=O)O[C@H]1C(C)=C[C@]23C(=O)C(C=C(CC)[C@@H](O)[C@]12O)[C@H]1[C@@H](C[C@H]3C)C1(C)C. The second kappa shape index (κ2) is 6.89. The van der Waals surface area contributed by atoms with Gasteiger partial charge in [-0.15, -0.1) is 0 Å². The molecule has 0 heterocycles. The molecule has 0 saturated heterocycles. The van der Waals surface area contributed by atoms with E-state index < -0.39 is 29.2 Å². The number of carbonyl (C=O) groups is 2. The zero-order valence-electron chi connectivity index (χ0n) is 19.7. The van der Waals surface area contributed by atoms with Crippen LogP contribution in [0.4, 0.5) is 0 Å². The number of hydrogen-bond acceptors (Lipinski definition) is 5. The van der Waals surface area contributed by atoms with Crippen molar-refractivity contribution in [2.75, 3.05) is 0 Å². The maximum Gasteiger partial charge on any atom is 0.334 e. The zero-order chi connectivity index (χ0) is 23.1. The van der Waals surface area contributed by atoms with Gasteiger partial charge in [0.05, 0.1) is 5.41 Å². The fourth-order valence-electron chi connectivity index (χ4n) is 7.08. The van der Waals surface area contributed by atoms with Crippen molar-refractivity contribution in [2.45, 2.75) is 79.1 Å². The van der Waals surface area contributed by atoms with Gasteiger partial charge in [-0.2, -0.15) is 0 Å². The summed E-state index contributed by atoms with van der Waals surface area (Å²) in [5, 5.41) is 23.9. The predicted octanol–water partition coefficient (Wildman–Crippen LogP) is 3.75. The van der Waals surface area contributed by atoms with Crippen molar-refractivity contribution >= 4 is 11.8 Å². The highest BCUT2D eigenvalue weighted by Crippen LogP contribution is 2.71. The van der Waals surface area contributed by atoms with E-state index in [0.717, 1.165) is 6.42 Å². The third-order valence-electron chi connectivity index (χ3n) is 9.10. The molecular formula is C26H36O5. The van der Waals surface area contributed by atoms with Crippen LogP contribution in [0, 0.1) is 34.5 Å². The lowest BCUT2D eigenvalue weighted by Gasteiger charge is -2.48. The van der Waals surface area contributed by atoms with Crippen LogP contribution in [0.3, 0.4) is 0 Å². The standard InChI is InChI=1S/C26H36O5/c1-8-13(3)23(29)31-22-14(4)12-25-15(5)10-18-19(24(18,6)7)17(21(25)28)11-16(9-2)20(27)26(22,25)30/h8,11-12,15,17-20,22,27,30H,9-10H2,1-7H3/b13-8-/t15-,17?,18-,19+,20-,22+,25+,26+/m1/s1. The number of carbonyl (C=O) groups excluding carboxylic acids is 2. The van der Waals surface area contributed by atoms with Gasteiger partial charge in [0, 0.05) is 11.5 Å². The van der Waals surface area contributed by atoms with E-state index in [0.29, 0.717) is 29.1 Å². The number of aliphatic hydroxyl groups is 2. The summed E-state index contributed by atoms with van der Waals surface area (Å²) in [5.41, 5.74) is -1.43. The highest BCUT2D eigenvalue weighted by atomic mass is 16.6. The molecule has 5 nitrogen and oxygen atoms in total. The number of Topliss-reactive ketones (excluding diaryl/α,β-unsaturated/α-hetero) is 1. The molecule has 0 radical (unpaired) electrons. The third kappa shape index (κ3) is 2.62. The van der Waals surface area contributed by atoms with Gasteiger partial charge in [0.25, 0.3) is 0 Å². The third-order valence-corrected chi connectivity index (χ3v) is 9.10. The smallest absolute Gasteiger partial charge is 0.334 e. The molecule has 31 heavy (non-hydrogen) atoms. The maximum absolute atomic E-state index is 14.3. The summed E-state index contributed by atoms with van der Waals surface area (Å²) in [6.07, 6.45) is 4.35. The fourth-order valence-corrected chi connectivity index (χ4v) is 7.08. The fraction of sp³-hybridized carbons (Fsp3) is 0.692. The summed E-state index contributed by atoms with van der Waals surface area (Å²) >= 11 is 0. The molecule has 5 heteroatoms. The summed E-state index contributed by atoms with van der Waals surface area (Å²) in [6, 6.07) is 0. The summed E-state index contributed by atoms with van der Waals surface area (Å²) in [4.78, 5) is 26.9. The van der Waals surface area contributed by atoms with Gasteiger partial charge < -0.3 is 14.9 Å². The van der Waals surface area contributed by atoms with Crippen molar-refractivity contribution in [3.63, 3.8) is 0 Å². The molecular weight excluding hydrogens is 392 g/mol. The lowest BCUT2D eigenvalue weighted by molar-refractivity contribution is -0.201. The van der Waals surface area contributed by atoms with E-state index in [1.807, 2.05) is 26.0 Å². The number of rotatable bonds is 3. The molecule has 4 rings (SSSR count). The second-order valence-corrected chi connectivity index (χ2v) is 10.8. The lowest BCUT2D eigenvalue weighted by Crippen LogP contribution is -2.65. The maximum atomic E-state index is 14.3. The molecule has 2 N–H and O–H groups in total. The Morgan fingerprint density at radius 3 is 2.58 bits per heavy atom. The van der Waals surface area contributed by atoms with Gasteiger partial charge in [-0.3, -0.25) is 4.79 Å². The number of aliphatic hydroxyl groups excluding tert-OH is 1. The van der Waals surface area contributed by atoms with E-state index in [2.05, 4.69) is 13.8 Å². The van der Waals surface area contributed by atoms with Gasteiger partial charge in [-0.25, -0.2) is 4.79 Å². The van der Waals surface area contributed by atoms with E-state index in [1.165, 1.54) is 0 Å². The molecule has 170 valence electrons. The van der Waals surface area contributed by atoms with Crippen molar-refractivity contribution in [1.29, 1.82) is 0 Å². The topological polar surface area (TPSA) is 83.8 Å². The molecule has 4 aliphatic carbocycles. The van der Waals surface area contributed by atoms with Gasteiger partial charge in [-0.1, -0.05) is 45.9 Å². The Hall–Kier alpha value is -1.72. The average molecular weight is 429 g/mol. The Balaban J connectivity index is 1.91. The molecule has 1 spiro atoms. The first-order valence-corrected chi connectivity index (χ1v) is 11.6. The summed E-state index contributed by atoms with van der Waals surface area (Å²) < 4.78 is 5.81. The van der Waals surface area contributed by atoms with Gasteiger partial charge in [0.1, 0.15) is 6.10 Å². The summed E-state index contributed by atoms with van der Waals surface area (Å²) in [7, 11) is 0. The van der Waals surface area contributed by atoms with Crippen LogP contribution in [0.2, 0.25) is 0 Å². The van der Waals surface area contributed by atoms with Crippen LogP contribution < -0.4 is 0 Å². The minimum absolute atomic E-state index is 0.0382. The van der Waals surface area contributed by atoms with Crippen LogP contribution in [-0.2, 0) is 14.3 Å². The minimum atomic E-state index is -1.92. The van der Waals surface area contributed by atoms with Crippen molar-refractivity contribution < 1.29 is 24.5 Å². The molecule has 8 atom stereocenters. The lowest BCUT2D eigenvalue weighted by atomic mass is 9.59. The first-order valence-electron chi connectivity index (χ1n) is 11.6. The van der Waals surface area contributed by atoms with E-state index >= 15 is 0 Å². The van der Waals surface area contributed by atoms with Crippen molar-refractivity contribution in [3.8, 4) is 0 Å². The zero-order valence-corrected chi connectivity index (χ0v) is 19.7. The van der Waals surface area contributed by atoms with Gasteiger partial charge >= 0.3 is 5.97 Å². The highest BCUT2D eigenvalue weighted by Gasteiger charge is 2.76. The molecule has 0 amide bonds. The first-order chi connectivity index (χ1) is 14.4. The highest BCUT2D eigenvalue weighted by molar-refractivity contribution is 5.96. The van der Waals surface area contributed by atoms with Crippen LogP contribution in [-0.4, -0.2) is 39.8 Å². The molecule has 1 unspecified atom stereocenters. The van der Waals surface area contributed by atoms with Gasteiger partial charge in [0.2, 0.25) is 0 Å². The largest absolute Gasteiger partial charge is 0.451 e. The minimum Gasteiger partial charge on any atom is -0.451 e. The molecule has 2 saturated carbocycles. The monoisotopic (exact) mass is 428 g/mol. The van der Waals surface area contributed by atoms with E-state index in [-0.39, 0.29) is 29.0 Å². The van der Waals surface area contributed by atoms with Gasteiger partial charge in [0.15, 0.2) is 17.5 Å². The number of ether oxygens (including phenoxy) is 1. The van der Waals surface area contributed by atoms with Gasteiger partial charge in [-0.05, 0) is 67.9 Å². The quantitative estimate of drug-likeness (QED) is 0.406. The Morgan fingerprint density at radius 1 is 1.35 bits per heavy atom. The number of hydrogen-bond donors (Lipinski definition) is 2. The van der Waals surface area contributed by atoms with E-state index in [1.54, 1.807) is 26.8 Å². The molecule has 2 bridgehead atoms. The number of ketones is 1. The molecule has 2 fully saturated rings. The predicted molar refractivity (Wildman–Crippen MR) is 118 cm³/mol. The van der Waals surface area contributed by atoms with Crippen molar-refractivity contribution in [2.24, 2.45) is 34.5 Å². The van der Waals surface area contributed by atoms with Crippen molar-refractivity contribution in [1.82, 2.24) is 0 Å². The Labute approximate surface area is 185 Å². The second-order valence-electron chi connectivity index (χ2n) is 10.8. The molecule has 4 aliphatic rings. The molecule has 0 aromatic carbocycles. The van der Waals surface area contributed by atoms with Crippen LogP contribution in [0.25, 0.3) is 0 Å². The first kappa shape index (κ1) is 22.5. The molecule has 0 aromatic rings. The van der Waals surface area contributed by atoms with Crippen LogP contribution >= 0.6 is 0 Å². The van der Waals surface area contributed by atoms with E-state index in [9.17, 15) is 19.8 Å². The Bertz CT molecular complexity index is 924. The number of fused-ring (bicyclic) bond motifs is 3. The molecule has 0 aromatic heterocycles.